The van der Waals surface area contributed by atoms with E-state index in [0.29, 0.717) is 22.9 Å². The molecule has 0 fully saturated rings. The van der Waals surface area contributed by atoms with Crippen LogP contribution < -0.4 is 14.8 Å². The first-order chi connectivity index (χ1) is 13.5. The third-order valence-electron chi connectivity index (χ3n) is 3.90. The highest BCUT2D eigenvalue weighted by atomic mass is 19.1. The van der Waals surface area contributed by atoms with Crippen LogP contribution in [0.1, 0.15) is 12.3 Å². The Bertz CT molecular complexity index is 971. The number of anilines is 1. The van der Waals surface area contributed by atoms with Gasteiger partial charge in [-0.3, -0.25) is 4.79 Å². The fourth-order valence-electron chi connectivity index (χ4n) is 2.49. The molecule has 146 valence electrons. The van der Waals surface area contributed by atoms with Gasteiger partial charge in [0.2, 0.25) is 17.6 Å². The molecule has 0 spiro atoms. The molecule has 0 unspecified atom stereocenters. The van der Waals surface area contributed by atoms with Crippen molar-refractivity contribution in [1.82, 2.24) is 10.1 Å². The van der Waals surface area contributed by atoms with Crippen molar-refractivity contribution in [1.29, 1.82) is 0 Å². The van der Waals surface area contributed by atoms with Crippen LogP contribution in [0, 0.1) is 11.6 Å². The minimum Gasteiger partial charge on any atom is -0.493 e. The first kappa shape index (κ1) is 19.3. The Morgan fingerprint density at radius 1 is 1.11 bits per heavy atom. The van der Waals surface area contributed by atoms with E-state index in [1.165, 1.54) is 20.3 Å². The summed E-state index contributed by atoms with van der Waals surface area (Å²) in [6.45, 7) is 0. The topological polar surface area (TPSA) is 86.5 Å². The van der Waals surface area contributed by atoms with Crippen molar-refractivity contribution in [3.8, 4) is 22.9 Å². The minimum absolute atomic E-state index is 0.0820. The Kier molecular flexibility index (Phi) is 5.83. The Balaban J connectivity index is 1.64. The molecule has 9 heteroatoms. The van der Waals surface area contributed by atoms with Gasteiger partial charge in [0.05, 0.1) is 14.2 Å². The second kappa shape index (κ2) is 8.47. The van der Waals surface area contributed by atoms with Crippen LogP contribution in [0.25, 0.3) is 11.4 Å². The molecule has 7 nitrogen and oxygen atoms in total. The van der Waals surface area contributed by atoms with Crippen LogP contribution in [0.4, 0.5) is 14.5 Å². The molecule has 0 aliphatic rings. The van der Waals surface area contributed by atoms with Crippen molar-refractivity contribution >= 4 is 11.6 Å². The molecule has 0 bridgehead atoms. The first-order valence-corrected chi connectivity index (χ1v) is 8.30. The van der Waals surface area contributed by atoms with Crippen LogP contribution in [0.5, 0.6) is 11.5 Å². The van der Waals surface area contributed by atoms with Crippen molar-refractivity contribution in [2.24, 2.45) is 0 Å². The summed E-state index contributed by atoms with van der Waals surface area (Å²) >= 11 is 0. The van der Waals surface area contributed by atoms with Crippen LogP contribution in [-0.2, 0) is 11.2 Å². The zero-order valence-electron chi connectivity index (χ0n) is 15.2. The number of carbonyl (C=O) groups excluding carboxylic acids is 1. The Hall–Kier alpha value is -3.49. The highest BCUT2D eigenvalue weighted by molar-refractivity contribution is 5.91. The number of aryl methyl sites for hydroxylation is 1. The van der Waals surface area contributed by atoms with E-state index in [0.717, 1.165) is 12.1 Å². The summed E-state index contributed by atoms with van der Waals surface area (Å²) in [7, 11) is 3.04. The average Bonchev–Trinajstić information content (AvgIpc) is 3.18. The first-order valence-electron chi connectivity index (χ1n) is 8.30. The maximum Gasteiger partial charge on any atom is 0.227 e. The quantitative estimate of drug-likeness (QED) is 0.664. The Morgan fingerprint density at radius 3 is 2.50 bits per heavy atom. The Morgan fingerprint density at radius 2 is 1.82 bits per heavy atom. The zero-order chi connectivity index (χ0) is 20.1. The van der Waals surface area contributed by atoms with Crippen molar-refractivity contribution in [3.63, 3.8) is 0 Å². The molecule has 0 atom stereocenters. The monoisotopic (exact) mass is 389 g/mol. The molecule has 1 aromatic heterocycles. The molecular formula is C19H17F2N3O4. The van der Waals surface area contributed by atoms with Crippen LogP contribution >= 0.6 is 0 Å². The predicted molar refractivity (Wildman–Crippen MR) is 96.1 cm³/mol. The van der Waals surface area contributed by atoms with Gasteiger partial charge in [0.25, 0.3) is 0 Å². The third-order valence-corrected chi connectivity index (χ3v) is 3.90. The molecule has 28 heavy (non-hydrogen) atoms. The molecule has 0 radical (unpaired) electrons. The van der Waals surface area contributed by atoms with Crippen LogP contribution in [-0.4, -0.2) is 30.3 Å². The largest absolute Gasteiger partial charge is 0.493 e. The van der Waals surface area contributed by atoms with E-state index in [4.69, 9.17) is 14.0 Å². The van der Waals surface area contributed by atoms with Gasteiger partial charge in [-0.25, -0.2) is 8.78 Å². The van der Waals surface area contributed by atoms with Gasteiger partial charge in [-0.2, -0.15) is 4.98 Å². The molecule has 1 heterocycles. The molecule has 2 aromatic carbocycles. The number of rotatable bonds is 7. The van der Waals surface area contributed by atoms with Crippen LogP contribution in [0.15, 0.2) is 40.9 Å². The number of carbonyl (C=O) groups is 1. The highest BCUT2D eigenvalue weighted by Crippen LogP contribution is 2.31. The lowest BCUT2D eigenvalue weighted by molar-refractivity contribution is -0.116. The van der Waals surface area contributed by atoms with E-state index < -0.39 is 23.2 Å². The van der Waals surface area contributed by atoms with E-state index >= 15 is 0 Å². The number of benzene rings is 2. The number of nitrogens with one attached hydrogen (secondary N) is 1. The molecule has 0 saturated heterocycles. The molecular weight excluding hydrogens is 372 g/mol. The predicted octanol–water partition coefficient (Wildman–Crippen LogP) is 3.60. The number of aromatic nitrogens is 2. The molecule has 3 aromatic rings. The number of hydrogen-bond donors (Lipinski definition) is 1. The smallest absolute Gasteiger partial charge is 0.227 e. The number of nitrogens with zero attached hydrogens (tertiary/aromatic N) is 2. The SMILES string of the molecule is COc1ccc(-c2noc(CCC(=O)Nc3c(F)cccc3F)n2)cc1OC. The molecule has 1 N–H and O–H groups in total. The number of amides is 1. The number of methoxy groups -OCH3 is 2. The summed E-state index contributed by atoms with van der Waals surface area (Å²) < 4.78 is 42.7. The van der Waals surface area contributed by atoms with Crippen LogP contribution in [0.3, 0.4) is 0 Å². The summed E-state index contributed by atoms with van der Waals surface area (Å²) in [6, 6.07) is 8.48. The van der Waals surface area contributed by atoms with Crippen molar-refractivity contribution < 1.29 is 27.6 Å². The molecule has 0 saturated carbocycles. The van der Waals surface area contributed by atoms with Gasteiger partial charge in [0.1, 0.15) is 17.3 Å². The van der Waals surface area contributed by atoms with Crippen molar-refractivity contribution in [2.75, 3.05) is 19.5 Å². The summed E-state index contributed by atoms with van der Waals surface area (Å²) in [5, 5.41) is 6.08. The maximum atomic E-state index is 13.6. The van der Waals surface area contributed by atoms with E-state index in [9.17, 15) is 13.6 Å². The molecule has 1 amide bonds. The zero-order valence-corrected chi connectivity index (χ0v) is 15.2. The standard InChI is InChI=1S/C19H17F2N3O4/c1-26-14-7-6-11(10-15(14)27-2)19-23-17(28-24-19)9-8-16(25)22-18-12(20)4-3-5-13(18)21/h3-7,10H,8-9H2,1-2H3,(H,22,25). The lowest BCUT2D eigenvalue weighted by Gasteiger charge is -2.07. The highest BCUT2D eigenvalue weighted by Gasteiger charge is 2.15. The van der Waals surface area contributed by atoms with Crippen molar-refractivity contribution in [2.45, 2.75) is 12.8 Å². The Labute approximate surface area is 159 Å². The summed E-state index contributed by atoms with van der Waals surface area (Å²) in [5.74, 6) is -0.659. The molecule has 3 rings (SSSR count). The molecule has 0 aliphatic heterocycles. The van der Waals surface area contributed by atoms with E-state index in [1.54, 1.807) is 18.2 Å². The second-order valence-corrected chi connectivity index (χ2v) is 5.73. The van der Waals surface area contributed by atoms with E-state index in [2.05, 4.69) is 15.5 Å². The fraction of sp³-hybridized carbons (Fsp3) is 0.211. The normalized spacial score (nSPS) is 10.6. The van der Waals surface area contributed by atoms with Gasteiger partial charge in [-0.1, -0.05) is 11.2 Å². The van der Waals surface area contributed by atoms with Gasteiger partial charge < -0.3 is 19.3 Å². The number of hydrogen-bond acceptors (Lipinski definition) is 6. The van der Waals surface area contributed by atoms with Gasteiger partial charge >= 0.3 is 0 Å². The lowest BCUT2D eigenvalue weighted by Crippen LogP contribution is -2.14. The average molecular weight is 389 g/mol. The van der Waals surface area contributed by atoms with E-state index in [1.807, 2.05) is 0 Å². The summed E-state index contributed by atoms with van der Waals surface area (Å²) in [5.41, 5.74) is 0.162. The fourth-order valence-corrected chi connectivity index (χ4v) is 2.49. The van der Waals surface area contributed by atoms with Crippen LogP contribution in [0.2, 0.25) is 0 Å². The maximum absolute atomic E-state index is 13.6. The van der Waals surface area contributed by atoms with Gasteiger partial charge in [0.15, 0.2) is 11.5 Å². The van der Waals surface area contributed by atoms with Crippen molar-refractivity contribution in [3.05, 3.63) is 53.9 Å². The number of halogens is 2. The van der Waals surface area contributed by atoms with Gasteiger partial charge in [-0.05, 0) is 30.3 Å². The summed E-state index contributed by atoms with van der Waals surface area (Å²) in [6.07, 6.45) is 0.0313. The number of para-hydroxylation sites is 1. The summed E-state index contributed by atoms with van der Waals surface area (Å²) in [4.78, 5) is 16.2. The lowest BCUT2D eigenvalue weighted by atomic mass is 10.2. The number of ether oxygens (including phenoxy) is 2. The third kappa shape index (κ3) is 4.25. The molecule has 0 aliphatic carbocycles. The van der Waals surface area contributed by atoms with Gasteiger partial charge in [-0.15, -0.1) is 0 Å². The second-order valence-electron chi connectivity index (χ2n) is 5.73. The minimum atomic E-state index is -0.845. The van der Waals surface area contributed by atoms with E-state index in [-0.39, 0.29) is 18.7 Å². The van der Waals surface area contributed by atoms with Gasteiger partial charge in [0, 0.05) is 18.4 Å².